The van der Waals surface area contributed by atoms with E-state index < -0.39 is 10.0 Å². The van der Waals surface area contributed by atoms with Gasteiger partial charge in [0, 0.05) is 0 Å². The molecule has 0 aliphatic heterocycles. The molecule has 14 heavy (non-hydrogen) atoms. The molecule has 78 valence electrons. The fraction of sp³-hybridized carbons (Fsp3) is 0.333. The first-order chi connectivity index (χ1) is 6.47. The maximum absolute atomic E-state index is 11.5. The van der Waals surface area contributed by atoms with Crippen LogP contribution in [0.3, 0.4) is 0 Å². The van der Waals surface area contributed by atoms with Gasteiger partial charge in [-0.25, -0.2) is 8.42 Å². The normalized spacial score (nSPS) is 11.6. The Bertz CT molecular complexity index is 426. The minimum Gasteiger partial charge on any atom is -0.290 e. The summed E-state index contributed by atoms with van der Waals surface area (Å²) in [6.07, 6.45) is 0. The summed E-state index contributed by atoms with van der Waals surface area (Å²) in [6, 6.07) is 5.12. The van der Waals surface area contributed by atoms with Crippen molar-refractivity contribution in [3.05, 3.63) is 29.3 Å². The van der Waals surface area contributed by atoms with Crippen molar-refractivity contribution in [3.63, 3.8) is 0 Å². The third-order valence-corrected chi connectivity index (χ3v) is 3.24. The predicted octanol–water partition coefficient (Wildman–Crippen LogP) is 1.14. The first-order valence-corrected chi connectivity index (χ1v) is 5.58. The van der Waals surface area contributed by atoms with Crippen LogP contribution in [0.4, 0.5) is 0 Å². The summed E-state index contributed by atoms with van der Waals surface area (Å²) < 4.78 is 23.1. The summed E-state index contributed by atoms with van der Waals surface area (Å²) in [6.45, 7) is 3.66. The summed E-state index contributed by atoms with van der Waals surface area (Å²) in [4.78, 5) is 6.62. The number of aryl methyl sites for hydroxylation is 2. The van der Waals surface area contributed by atoms with Gasteiger partial charge in [0.1, 0.15) is 0 Å². The van der Waals surface area contributed by atoms with Crippen LogP contribution >= 0.6 is 0 Å². The molecule has 1 N–H and O–H groups in total. The van der Waals surface area contributed by atoms with Crippen LogP contribution in [0, 0.1) is 13.8 Å². The van der Waals surface area contributed by atoms with Crippen LogP contribution in [-0.4, -0.2) is 15.5 Å². The molecular weight excluding hydrogens is 202 g/mol. The van der Waals surface area contributed by atoms with Gasteiger partial charge in [-0.1, -0.05) is 22.6 Å². The fourth-order valence-electron chi connectivity index (χ4n) is 1.26. The van der Waals surface area contributed by atoms with E-state index in [1.807, 2.05) is 17.9 Å². The molecular formula is C9H13NO3S. The van der Waals surface area contributed by atoms with Crippen LogP contribution in [0.15, 0.2) is 23.1 Å². The Morgan fingerprint density at radius 2 is 1.93 bits per heavy atom. The van der Waals surface area contributed by atoms with E-state index in [0.717, 1.165) is 5.56 Å². The van der Waals surface area contributed by atoms with Gasteiger partial charge in [0.25, 0.3) is 10.0 Å². The van der Waals surface area contributed by atoms with Crippen LogP contribution in [0.1, 0.15) is 11.1 Å². The molecule has 0 aromatic heterocycles. The lowest BCUT2D eigenvalue weighted by atomic mass is 10.2. The molecule has 0 aliphatic carbocycles. The van der Waals surface area contributed by atoms with E-state index in [9.17, 15) is 8.42 Å². The standard InChI is InChI=1S/C9H13NO3S/c1-7-4-5-9(8(2)6-7)14(11,12)10-13-3/h4-6,10H,1-3H3. The van der Waals surface area contributed by atoms with Crippen molar-refractivity contribution < 1.29 is 13.3 Å². The molecule has 0 heterocycles. The lowest BCUT2D eigenvalue weighted by Crippen LogP contribution is -2.23. The largest absolute Gasteiger partial charge is 0.290 e. The first kappa shape index (κ1) is 11.2. The highest BCUT2D eigenvalue weighted by atomic mass is 32.2. The third-order valence-electron chi connectivity index (χ3n) is 1.81. The van der Waals surface area contributed by atoms with E-state index in [4.69, 9.17) is 0 Å². The Hall–Kier alpha value is -0.910. The lowest BCUT2D eigenvalue weighted by Gasteiger charge is -2.07. The minimum atomic E-state index is -3.53. The molecule has 0 aliphatic rings. The smallest absolute Gasteiger partial charge is 0.262 e. The molecule has 0 saturated carbocycles. The Labute approximate surface area is 83.9 Å². The van der Waals surface area contributed by atoms with Crippen molar-refractivity contribution in [2.24, 2.45) is 0 Å². The molecule has 0 fully saturated rings. The Balaban J connectivity index is 3.20. The molecule has 5 heteroatoms. The van der Waals surface area contributed by atoms with Gasteiger partial charge in [-0.2, -0.15) is 0 Å². The number of nitrogens with one attached hydrogen (secondary N) is 1. The topological polar surface area (TPSA) is 55.4 Å². The molecule has 0 bridgehead atoms. The Morgan fingerprint density at radius 1 is 1.29 bits per heavy atom. The average Bonchev–Trinajstić information content (AvgIpc) is 2.02. The molecule has 0 spiro atoms. The molecule has 0 atom stereocenters. The van der Waals surface area contributed by atoms with Crippen LogP contribution in [-0.2, 0) is 14.9 Å². The van der Waals surface area contributed by atoms with Crippen LogP contribution in [0.2, 0.25) is 0 Å². The van der Waals surface area contributed by atoms with Crippen molar-refractivity contribution in [3.8, 4) is 0 Å². The SMILES string of the molecule is CONS(=O)(=O)c1ccc(C)cc1C. The number of hydrogen-bond donors (Lipinski definition) is 1. The van der Waals surface area contributed by atoms with Gasteiger partial charge in [0.15, 0.2) is 0 Å². The van der Waals surface area contributed by atoms with E-state index >= 15 is 0 Å². The highest BCUT2D eigenvalue weighted by Crippen LogP contribution is 2.15. The number of benzene rings is 1. The molecule has 1 rings (SSSR count). The summed E-state index contributed by atoms with van der Waals surface area (Å²) in [5.41, 5.74) is 1.73. The molecule has 0 amide bonds. The molecule has 1 aromatic rings. The van der Waals surface area contributed by atoms with E-state index in [1.54, 1.807) is 19.1 Å². The monoisotopic (exact) mass is 215 g/mol. The lowest BCUT2D eigenvalue weighted by molar-refractivity contribution is 0.153. The number of rotatable bonds is 3. The van der Waals surface area contributed by atoms with Gasteiger partial charge >= 0.3 is 0 Å². The third kappa shape index (κ3) is 2.31. The first-order valence-electron chi connectivity index (χ1n) is 4.09. The summed E-state index contributed by atoms with van der Waals surface area (Å²) in [5, 5.41) is 0. The van der Waals surface area contributed by atoms with E-state index in [-0.39, 0.29) is 4.90 Å². The highest BCUT2D eigenvalue weighted by Gasteiger charge is 2.15. The second kappa shape index (κ2) is 4.08. The molecule has 1 aromatic carbocycles. The van der Waals surface area contributed by atoms with Crippen molar-refractivity contribution >= 4 is 10.0 Å². The minimum absolute atomic E-state index is 0.241. The zero-order valence-electron chi connectivity index (χ0n) is 8.37. The van der Waals surface area contributed by atoms with Crippen LogP contribution in [0.5, 0.6) is 0 Å². The number of hydrogen-bond acceptors (Lipinski definition) is 3. The van der Waals surface area contributed by atoms with Gasteiger partial charge in [-0.05, 0) is 25.5 Å². The molecule has 0 radical (unpaired) electrons. The van der Waals surface area contributed by atoms with Gasteiger partial charge < -0.3 is 0 Å². The van der Waals surface area contributed by atoms with Crippen molar-refractivity contribution in [1.82, 2.24) is 4.89 Å². The molecule has 0 unspecified atom stereocenters. The summed E-state index contributed by atoms with van der Waals surface area (Å²) in [7, 11) is -2.27. The van der Waals surface area contributed by atoms with Crippen molar-refractivity contribution in [1.29, 1.82) is 0 Å². The number of sulfonamides is 1. The van der Waals surface area contributed by atoms with E-state index in [0.29, 0.717) is 5.56 Å². The second-order valence-corrected chi connectivity index (χ2v) is 4.67. The molecule has 0 saturated heterocycles. The van der Waals surface area contributed by atoms with Gasteiger partial charge in [0.2, 0.25) is 0 Å². The quantitative estimate of drug-likeness (QED) is 0.769. The maximum atomic E-state index is 11.5. The zero-order chi connectivity index (χ0) is 10.8. The second-order valence-electron chi connectivity index (χ2n) is 3.06. The van der Waals surface area contributed by atoms with Crippen LogP contribution < -0.4 is 4.89 Å². The van der Waals surface area contributed by atoms with E-state index in [2.05, 4.69) is 4.84 Å². The highest BCUT2D eigenvalue weighted by molar-refractivity contribution is 7.89. The molecule has 4 nitrogen and oxygen atoms in total. The summed E-state index contributed by atoms with van der Waals surface area (Å²) >= 11 is 0. The van der Waals surface area contributed by atoms with Gasteiger partial charge in [-0.3, -0.25) is 4.84 Å². The summed E-state index contributed by atoms with van der Waals surface area (Å²) in [5.74, 6) is 0. The van der Waals surface area contributed by atoms with Gasteiger partial charge in [-0.15, -0.1) is 0 Å². The average molecular weight is 215 g/mol. The van der Waals surface area contributed by atoms with Gasteiger partial charge in [0.05, 0.1) is 12.0 Å². The maximum Gasteiger partial charge on any atom is 0.262 e. The zero-order valence-corrected chi connectivity index (χ0v) is 9.18. The van der Waals surface area contributed by atoms with E-state index in [1.165, 1.54) is 7.11 Å². The Kier molecular flexibility index (Phi) is 3.25. The van der Waals surface area contributed by atoms with Crippen LogP contribution in [0.25, 0.3) is 0 Å². The fourth-order valence-corrected chi connectivity index (χ4v) is 2.29. The van der Waals surface area contributed by atoms with Crippen molar-refractivity contribution in [2.45, 2.75) is 18.7 Å². The van der Waals surface area contributed by atoms with Crippen molar-refractivity contribution in [2.75, 3.05) is 7.11 Å². The predicted molar refractivity (Wildman–Crippen MR) is 53.2 cm³/mol. The Morgan fingerprint density at radius 3 is 2.43 bits per heavy atom.